The molecule has 0 saturated heterocycles. The van der Waals surface area contributed by atoms with Crippen LogP contribution >= 0.6 is 0 Å². The van der Waals surface area contributed by atoms with Crippen LogP contribution in [0.1, 0.15) is 34.3 Å². The average Bonchev–Trinajstić information content (AvgIpc) is 2.77. The molecular formula is C15H18N2O3. The summed E-state index contributed by atoms with van der Waals surface area (Å²) in [4.78, 5) is 12.1. The number of aromatic nitrogens is 1. The lowest BCUT2D eigenvalue weighted by Gasteiger charge is -2.10. The summed E-state index contributed by atoms with van der Waals surface area (Å²) < 4.78 is 10.5. The summed E-state index contributed by atoms with van der Waals surface area (Å²) in [5, 5.41) is 6.64. The zero-order valence-corrected chi connectivity index (χ0v) is 11.9. The highest BCUT2D eigenvalue weighted by atomic mass is 16.5. The van der Waals surface area contributed by atoms with Crippen LogP contribution < -0.4 is 10.1 Å². The predicted octanol–water partition coefficient (Wildman–Crippen LogP) is 2.62. The van der Waals surface area contributed by atoms with Gasteiger partial charge in [0.25, 0.3) is 5.91 Å². The van der Waals surface area contributed by atoms with Gasteiger partial charge in [0.05, 0.1) is 12.3 Å². The van der Waals surface area contributed by atoms with E-state index >= 15 is 0 Å². The topological polar surface area (TPSA) is 64.4 Å². The van der Waals surface area contributed by atoms with Crippen LogP contribution in [0.2, 0.25) is 0 Å². The average molecular weight is 274 g/mol. The van der Waals surface area contributed by atoms with Crippen LogP contribution in [0.4, 0.5) is 0 Å². The SMILES string of the molecule is CCOc1ccccc1CNC(=O)c1c(C)noc1C. The van der Waals surface area contributed by atoms with Crippen LogP contribution in [0, 0.1) is 13.8 Å². The number of ether oxygens (including phenoxy) is 1. The van der Waals surface area contributed by atoms with Gasteiger partial charge in [-0.3, -0.25) is 4.79 Å². The second kappa shape index (κ2) is 6.23. The fraction of sp³-hybridized carbons (Fsp3) is 0.333. The Morgan fingerprint density at radius 3 is 2.75 bits per heavy atom. The van der Waals surface area contributed by atoms with Crippen molar-refractivity contribution in [1.29, 1.82) is 0 Å². The third kappa shape index (κ3) is 2.99. The van der Waals surface area contributed by atoms with Crippen LogP contribution in [-0.4, -0.2) is 17.7 Å². The number of rotatable bonds is 5. The van der Waals surface area contributed by atoms with Gasteiger partial charge in [0.2, 0.25) is 0 Å². The molecule has 0 spiro atoms. The predicted molar refractivity (Wildman–Crippen MR) is 74.8 cm³/mol. The van der Waals surface area contributed by atoms with Gasteiger partial charge < -0.3 is 14.6 Å². The third-order valence-corrected chi connectivity index (χ3v) is 2.97. The number of benzene rings is 1. The van der Waals surface area contributed by atoms with Crippen molar-refractivity contribution < 1.29 is 14.1 Å². The standard InChI is InChI=1S/C15H18N2O3/c1-4-19-13-8-6-5-7-12(13)9-16-15(18)14-10(2)17-20-11(14)3/h5-8H,4,9H2,1-3H3,(H,16,18). The summed E-state index contributed by atoms with van der Waals surface area (Å²) in [5.41, 5.74) is 2.03. The molecule has 5 nitrogen and oxygen atoms in total. The highest BCUT2D eigenvalue weighted by Crippen LogP contribution is 2.18. The number of carbonyl (C=O) groups excluding carboxylic acids is 1. The van der Waals surface area contributed by atoms with E-state index in [0.717, 1.165) is 11.3 Å². The molecule has 1 aromatic heterocycles. The number of aryl methyl sites for hydroxylation is 2. The summed E-state index contributed by atoms with van der Waals surface area (Å²) in [6.07, 6.45) is 0. The van der Waals surface area contributed by atoms with Crippen LogP contribution in [0.15, 0.2) is 28.8 Å². The molecule has 2 rings (SSSR count). The van der Waals surface area contributed by atoms with E-state index in [9.17, 15) is 4.79 Å². The van der Waals surface area contributed by atoms with Crippen molar-refractivity contribution in [2.75, 3.05) is 6.61 Å². The van der Waals surface area contributed by atoms with E-state index < -0.39 is 0 Å². The Hall–Kier alpha value is -2.30. The molecule has 0 aliphatic carbocycles. The molecule has 5 heteroatoms. The van der Waals surface area contributed by atoms with Gasteiger partial charge in [-0.2, -0.15) is 0 Å². The molecule has 2 aromatic rings. The van der Waals surface area contributed by atoms with E-state index in [0.29, 0.717) is 30.2 Å². The van der Waals surface area contributed by atoms with Crippen LogP contribution in [0.25, 0.3) is 0 Å². The molecule has 1 heterocycles. The number of para-hydroxylation sites is 1. The normalized spacial score (nSPS) is 10.3. The van der Waals surface area contributed by atoms with Gasteiger partial charge in [-0.25, -0.2) is 0 Å². The minimum absolute atomic E-state index is 0.187. The summed E-state index contributed by atoms with van der Waals surface area (Å²) >= 11 is 0. The minimum Gasteiger partial charge on any atom is -0.494 e. The smallest absolute Gasteiger partial charge is 0.257 e. The number of nitrogens with zero attached hydrogens (tertiary/aromatic N) is 1. The molecule has 1 N–H and O–H groups in total. The van der Waals surface area contributed by atoms with Crippen molar-refractivity contribution in [3.63, 3.8) is 0 Å². The maximum absolute atomic E-state index is 12.1. The molecular weight excluding hydrogens is 256 g/mol. The molecule has 1 amide bonds. The number of carbonyl (C=O) groups is 1. The van der Waals surface area contributed by atoms with E-state index in [-0.39, 0.29) is 5.91 Å². The fourth-order valence-corrected chi connectivity index (χ4v) is 2.02. The minimum atomic E-state index is -0.187. The molecule has 20 heavy (non-hydrogen) atoms. The molecule has 0 aliphatic heterocycles. The first-order chi connectivity index (χ1) is 9.63. The molecule has 106 valence electrons. The van der Waals surface area contributed by atoms with Gasteiger partial charge in [0.1, 0.15) is 17.1 Å². The maximum Gasteiger partial charge on any atom is 0.257 e. The zero-order valence-electron chi connectivity index (χ0n) is 11.9. The van der Waals surface area contributed by atoms with Gasteiger partial charge in [-0.05, 0) is 26.8 Å². The van der Waals surface area contributed by atoms with Crippen molar-refractivity contribution in [2.45, 2.75) is 27.3 Å². The molecule has 0 aliphatic rings. The van der Waals surface area contributed by atoms with Gasteiger partial charge in [-0.1, -0.05) is 23.4 Å². The second-order valence-electron chi connectivity index (χ2n) is 4.42. The lowest BCUT2D eigenvalue weighted by Crippen LogP contribution is -2.24. The Balaban J connectivity index is 2.08. The first-order valence-electron chi connectivity index (χ1n) is 6.55. The zero-order chi connectivity index (χ0) is 14.5. The molecule has 0 bridgehead atoms. The largest absolute Gasteiger partial charge is 0.494 e. The van der Waals surface area contributed by atoms with E-state index in [2.05, 4.69) is 10.5 Å². The lowest BCUT2D eigenvalue weighted by molar-refractivity contribution is 0.0948. The summed E-state index contributed by atoms with van der Waals surface area (Å²) in [6.45, 7) is 6.40. The van der Waals surface area contributed by atoms with Crippen molar-refractivity contribution in [1.82, 2.24) is 10.5 Å². The molecule has 0 fully saturated rings. The van der Waals surface area contributed by atoms with Gasteiger partial charge >= 0.3 is 0 Å². The maximum atomic E-state index is 12.1. The van der Waals surface area contributed by atoms with Gasteiger partial charge in [0, 0.05) is 12.1 Å². The summed E-state index contributed by atoms with van der Waals surface area (Å²) in [7, 11) is 0. The third-order valence-electron chi connectivity index (χ3n) is 2.97. The molecule has 0 radical (unpaired) electrons. The Labute approximate surface area is 117 Å². The van der Waals surface area contributed by atoms with E-state index in [4.69, 9.17) is 9.26 Å². The van der Waals surface area contributed by atoms with Crippen molar-refractivity contribution >= 4 is 5.91 Å². The Bertz CT molecular complexity index is 585. The van der Waals surface area contributed by atoms with Gasteiger partial charge in [0.15, 0.2) is 0 Å². The quantitative estimate of drug-likeness (QED) is 0.910. The van der Waals surface area contributed by atoms with E-state index in [1.807, 2.05) is 31.2 Å². The van der Waals surface area contributed by atoms with E-state index in [1.165, 1.54) is 0 Å². The monoisotopic (exact) mass is 274 g/mol. The summed E-state index contributed by atoms with van der Waals surface area (Å²) in [6, 6.07) is 7.64. The fourth-order valence-electron chi connectivity index (χ4n) is 2.02. The van der Waals surface area contributed by atoms with Crippen LogP contribution in [0.3, 0.4) is 0 Å². The Morgan fingerprint density at radius 1 is 1.35 bits per heavy atom. The van der Waals surface area contributed by atoms with Crippen molar-refractivity contribution in [3.05, 3.63) is 46.8 Å². The second-order valence-corrected chi connectivity index (χ2v) is 4.42. The molecule has 0 saturated carbocycles. The van der Waals surface area contributed by atoms with Crippen LogP contribution in [0.5, 0.6) is 5.75 Å². The number of hydrogen-bond acceptors (Lipinski definition) is 4. The van der Waals surface area contributed by atoms with E-state index in [1.54, 1.807) is 13.8 Å². The first-order valence-corrected chi connectivity index (χ1v) is 6.55. The van der Waals surface area contributed by atoms with Crippen LogP contribution in [-0.2, 0) is 6.54 Å². The molecule has 1 aromatic carbocycles. The first kappa shape index (κ1) is 14.1. The number of nitrogens with one attached hydrogen (secondary N) is 1. The molecule has 0 atom stereocenters. The number of hydrogen-bond donors (Lipinski definition) is 1. The van der Waals surface area contributed by atoms with Crippen molar-refractivity contribution in [3.8, 4) is 5.75 Å². The Kier molecular flexibility index (Phi) is 4.40. The highest BCUT2D eigenvalue weighted by molar-refractivity contribution is 5.96. The Morgan fingerprint density at radius 2 is 2.10 bits per heavy atom. The summed E-state index contributed by atoms with van der Waals surface area (Å²) in [5.74, 6) is 1.12. The van der Waals surface area contributed by atoms with Gasteiger partial charge in [-0.15, -0.1) is 0 Å². The lowest BCUT2D eigenvalue weighted by atomic mass is 10.1. The highest BCUT2D eigenvalue weighted by Gasteiger charge is 2.17. The van der Waals surface area contributed by atoms with Crippen molar-refractivity contribution in [2.24, 2.45) is 0 Å². The number of amides is 1. The molecule has 0 unspecified atom stereocenters.